The van der Waals surface area contributed by atoms with Crippen LogP contribution < -0.4 is 0 Å². The van der Waals surface area contributed by atoms with Gasteiger partial charge in [-0.3, -0.25) is 4.98 Å². The maximum absolute atomic E-state index is 6.53. The third-order valence-electron chi connectivity index (χ3n) is 3.29. The molecule has 0 aliphatic rings. The zero-order valence-electron chi connectivity index (χ0n) is 10.8. The second-order valence-electron chi connectivity index (χ2n) is 4.69. The van der Waals surface area contributed by atoms with Crippen LogP contribution in [0.15, 0.2) is 65.1 Å². The van der Waals surface area contributed by atoms with E-state index in [4.69, 9.17) is 11.6 Å². The SMILES string of the molecule is ClC(Cc1ccc2ccccc2n1)c1ccccc1Br. The molecule has 0 amide bonds. The molecule has 0 radical (unpaired) electrons. The number of nitrogens with zero attached hydrogens (tertiary/aromatic N) is 1. The molecule has 0 bridgehead atoms. The highest BCUT2D eigenvalue weighted by molar-refractivity contribution is 9.10. The molecule has 1 atom stereocenters. The van der Waals surface area contributed by atoms with E-state index in [1.807, 2.05) is 42.5 Å². The lowest BCUT2D eigenvalue weighted by atomic mass is 10.1. The fourth-order valence-corrected chi connectivity index (χ4v) is 3.29. The average Bonchev–Trinajstić information content (AvgIpc) is 2.47. The van der Waals surface area contributed by atoms with Gasteiger partial charge < -0.3 is 0 Å². The van der Waals surface area contributed by atoms with E-state index in [-0.39, 0.29) is 5.38 Å². The zero-order valence-corrected chi connectivity index (χ0v) is 13.1. The highest BCUT2D eigenvalue weighted by Gasteiger charge is 2.12. The van der Waals surface area contributed by atoms with Crippen LogP contribution in [-0.4, -0.2) is 4.98 Å². The van der Waals surface area contributed by atoms with E-state index in [1.165, 1.54) is 0 Å². The Hall–Kier alpha value is -1.38. The van der Waals surface area contributed by atoms with Crippen molar-refractivity contribution in [2.45, 2.75) is 11.8 Å². The molecule has 1 aromatic heterocycles. The van der Waals surface area contributed by atoms with Gasteiger partial charge in [0.1, 0.15) is 0 Å². The fraction of sp³-hybridized carbons (Fsp3) is 0.118. The predicted molar refractivity (Wildman–Crippen MR) is 88.2 cm³/mol. The minimum Gasteiger partial charge on any atom is -0.253 e. The number of benzene rings is 2. The third-order valence-corrected chi connectivity index (χ3v) is 4.40. The van der Waals surface area contributed by atoms with Crippen LogP contribution in [0, 0.1) is 0 Å². The molecular weight excluding hydrogens is 334 g/mol. The maximum atomic E-state index is 6.53. The molecule has 1 nitrogen and oxygen atoms in total. The Bertz CT molecular complexity index is 742. The Morgan fingerprint density at radius 3 is 2.55 bits per heavy atom. The van der Waals surface area contributed by atoms with Crippen molar-refractivity contribution in [3.8, 4) is 0 Å². The van der Waals surface area contributed by atoms with Gasteiger partial charge in [0.05, 0.1) is 10.9 Å². The topological polar surface area (TPSA) is 12.9 Å². The van der Waals surface area contributed by atoms with Gasteiger partial charge in [-0.25, -0.2) is 0 Å². The van der Waals surface area contributed by atoms with E-state index < -0.39 is 0 Å². The highest BCUT2D eigenvalue weighted by atomic mass is 79.9. The molecule has 100 valence electrons. The summed E-state index contributed by atoms with van der Waals surface area (Å²) in [6, 6.07) is 20.3. The first-order chi connectivity index (χ1) is 9.74. The van der Waals surface area contributed by atoms with Crippen LogP contribution in [0.1, 0.15) is 16.6 Å². The number of fused-ring (bicyclic) bond motifs is 1. The van der Waals surface area contributed by atoms with E-state index in [9.17, 15) is 0 Å². The van der Waals surface area contributed by atoms with Gasteiger partial charge in [0, 0.05) is 22.0 Å². The summed E-state index contributed by atoms with van der Waals surface area (Å²) < 4.78 is 1.04. The lowest BCUT2D eigenvalue weighted by Gasteiger charge is -2.11. The van der Waals surface area contributed by atoms with Gasteiger partial charge in [-0.1, -0.05) is 58.4 Å². The number of aromatic nitrogens is 1. The third kappa shape index (κ3) is 2.87. The molecular formula is C17H13BrClN. The molecule has 0 aliphatic heterocycles. The Morgan fingerprint density at radius 2 is 1.70 bits per heavy atom. The Morgan fingerprint density at radius 1 is 0.950 bits per heavy atom. The summed E-state index contributed by atoms with van der Waals surface area (Å²) in [5.74, 6) is 0. The van der Waals surface area contributed by atoms with Crippen LogP contribution in [-0.2, 0) is 6.42 Å². The van der Waals surface area contributed by atoms with Crippen LogP contribution in [0.25, 0.3) is 10.9 Å². The minimum atomic E-state index is -0.0840. The molecule has 0 N–H and O–H groups in total. The number of halogens is 2. The van der Waals surface area contributed by atoms with E-state index >= 15 is 0 Å². The van der Waals surface area contributed by atoms with Crippen molar-refractivity contribution in [3.05, 3.63) is 76.4 Å². The van der Waals surface area contributed by atoms with E-state index in [2.05, 4.69) is 39.1 Å². The Kier molecular flexibility index (Phi) is 4.04. The van der Waals surface area contributed by atoms with Crippen molar-refractivity contribution >= 4 is 38.4 Å². The van der Waals surface area contributed by atoms with Crippen LogP contribution in [0.5, 0.6) is 0 Å². The number of rotatable bonds is 3. The number of pyridine rings is 1. The molecule has 0 fully saturated rings. The lowest BCUT2D eigenvalue weighted by molar-refractivity contribution is 0.884. The van der Waals surface area contributed by atoms with Crippen molar-refractivity contribution in [2.24, 2.45) is 0 Å². The second-order valence-corrected chi connectivity index (χ2v) is 6.07. The molecule has 2 aromatic carbocycles. The molecule has 20 heavy (non-hydrogen) atoms. The molecule has 1 heterocycles. The van der Waals surface area contributed by atoms with Crippen LogP contribution in [0.4, 0.5) is 0 Å². The molecule has 3 rings (SSSR count). The van der Waals surface area contributed by atoms with Gasteiger partial charge in [0.15, 0.2) is 0 Å². The smallest absolute Gasteiger partial charge is 0.0705 e. The van der Waals surface area contributed by atoms with E-state index in [0.29, 0.717) is 0 Å². The molecule has 0 aliphatic carbocycles. The Balaban J connectivity index is 1.87. The summed E-state index contributed by atoms with van der Waals surface area (Å²) in [7, 11) is 0. The maximum Gasteiger partial charge on any atom is 0.0705 e. The molecule has 0 saturated carbocycles. The van der Waals surface area contributed by atoms with Crippen LogP contribution in [0.2, 0.25) is 0 Å². The van der Waals surface area contributed by atoms with Gasteiger partial charge in [-0.2, -0.15) is 0 Å². The molecule has 3 heteroatoms. The molecule has 0 saturated heterocycles. The minimum absolute atomic E-state index is 0.0840. The normalized spacial score (nSPS) is 12.5. The van der Waals surface area contributed by atoms with Crippen molar-refractivity contribution in [3.63, 3.8) is 0 Å². The number of alkyl halides is 1. The quantitative estimate of drug-likeness (QED) is 0.569. The fourth-order valence-electron chi connectivity index (χ4n) is 2.24. The molecule has 0 spiro atoms. The lowest BCUT2D eigenvalue weighted by Crippen LogP contribution is -1.99. The average molecular weight is 347 g/mol. The number of hydrogen-bond donors (Lipinski definition) is 0. The molecule has 3 aromatic rings. The van der Waals surface area contributed by atoms with E-state index in [0.717, 1.165) is 33.1 Å². The summed E-state index contributed by atoms with van der Waals surface area (Å²) in [6.07, 6.45) is 0.717. The number of hydrogen-bond acceptors (Lipinski definition) is 1. The standard InChI is InChI=1S/C17H13BrClN/c18-15-7-3-2-6-14(15)16(19)11-13-10-9-12-5-1-4-8-17(12)20-13/h1-10,16H,11H2. The van der Waals surface area contributed by atoms with Crippen molar-refractivity contribution < 1.29 is 0 Å². The van der Waals surface area contributed by atoms with Crippen LogP contribution in [0.3, 0.4) is 0 Å². The summed E-state index contributed by atoms with van der Waals surface area (Å²) >= 11 is 10.1. The van der Waals surface area contributed by atoms with Gasteiger partial charge in [0.25, 0.3) is 0 Å². The largest absolute Gasteiger partial charge is 0.253 e. The van der Waals surface area contributed by atoms with Crippen LogP contribution >= 0.6 is 27.5 Å². The first-order valence-electron chi connectivity index (χ1n) is 6.47. The van der Waals surface area contributed by atoms with Gasteiger partial charge in [0.2, 0.25) is 0 Å². The first kappa shape index (κ1) is 13.6. The number of para-hydroxylation sites is 1. The summed E-state index contributed by atoms with van der Waals surface area (Å²) in [6.45, 7) is 0. The van der Waals surface area contributed by atoms with Crippen molar-refractivity contribution in [1.82, 2.24) is 4.98 Å². The van der Waals surface area contributed by atoms with Crippen molar-refractivity contribution in [1.29, 1.82) is 0 Å². The molecule has 1 unspecified atom stereocenters. The highest BCUT2D eigenvalue weighted by Crippen LogP contribution is 2.30. The second kappa shape index (κ2) is 5.94. The first-order valence-corrected chi connectivity index (χ1v) is 7.70. The monoisotopic (exact) mass is 345 g/mol. The van der Waals surface area contributed by atoms with Gasteiger partial charge in [-0.15, -0.1) is 11.6 Å². The van der Waals surface area contributed by atoms with Gasteiger partial charge >= 0.3 is 0 Å². The van der Waals surface area contributed by atoms with E-state index in [1.54, 1.807) is 0 Å². The Labute approximate surface area is 131 Å². The van der Waals surface area contributed by atoms with Gasteiger partial charge in [-0.05, 0) is 23.8 Å². The zero-order chi connectivity index (χ0) is 13.9. The predicted octanol–water partition coefficient (Wildman–Crippen LogP) is 5.52. The summed E-state index contributed by atoms with van der Waals surface area (Å²) in [4.78, 5) is 4.67. The summed E-state index contributed by atoms with van der Waals surface area (Å²) in [5, 5.41) is 1.07. The summed E-state index contributed by atoms with van der Waals surface area (Å²) in [5.41, 5.74) is 3.13. The van der Waals surface area contributed by atoms with Crippen molar-refractivity contribution in [2.75, 3.05) is 0 Å².